The van der Waals surface area contributed by atoms with Crippen LogP contribution in [0, 0.1) is 0 Å². The van der Waals surface area contributed by atoms with Crippen molar-refractivity contribution < 1.29 is 27.6 Å². The third-order valence-electron chi connectivity index (χ3n) is 4.94. The quantitative estimate of drug-likeness (QED) is 0.863. The van der Waals surface area contributed by atoms with Gasteiger partial charge in [0.15, 0.2) is 0 Å². The lowest BCUT2D eigenvalue weighted by molar-refractivity contribution is -0.186. The highest BCUT2D eigenvalue weighted by atomic mass is 19.4. The number of likely N-dealkylation sites (tertiary alicyclic amines) is 1. The molecule has 2 heterocycles. The maximum atomic E-state index is 12.7. The second-order valence-corrected chi connectivity index (χ2v) is 6.75. The lowest BCUT2D eigenvalue weighted by atomic mass is 10.1. The van der Waals surface area contributed by atoms with E-state index < -0.39 is 30.1 Å². The van der Waals surface area contributed by atoms with Crippen LogP contribution in [0.4, 0.5) is 18.9 Å². The molecular weight excluding hydrogens is 363 g/mol. The molecule has 9 heteroatoms. The van der Waals surface area contributed by atoms with Gasteiger partial charge in [-0.15, -0.1) is 0 Å². The molecule has 3 amide bonds. The van der Waals surface area contributed by atoms with Crippen LogP contribution in [0.25, 0.3) is 0 Å². The van der Waals surface area contributed by atoms with Crippen LogP contribution in [-0.2, 0) is 20.8 Å². The van der Waals surface area contributed by atoms with Crippen molar-refractivity contribution in [1.29, 1.82) is 0 Å². The summed E-state index contributed by atoms with van der Waals surface area (Å²) in [5.74, 6) is -3.09. The van der Waals surface area contributed by atoms with E-state index in [-0.39, 0.29) is 18.9 Å². The van der Waals surface area contributed by atoms with E-state index in [2.05, 4.69) is 5.32 Å². The minimum absolute atomic E-state index is 0.127. The summed E-state index contributed by atoms with van der Waals surface area (Å²) < 4.78 is 38.1. The van der Waals surface area contributed by atoms with Crippen LogP contribution in [0.15, 0.2) is 24.3 Å². The van der Waals surface area contributed by atoms with Gasteiger partial charge in [0.2, 0.25) is 11.8 Å². The topological polar surface area (TPSA) is 69.7 Å². The lowest BCUT2D eigenvalue weighted by Gasteiger charge is -2.27. The minimum Gasteiger partial charge on any atom is -0.343 e. The molecule has 1 unspecified atom stereocenters. The molecule has 0 radical (unpaired) electrons. The van der Waals surface area contributed by atoms with Gasteiger partial charge in [-0.05, 0) is 37.8 Å². The van der Waals surface area contributed by atoms with Gasteiger partial charge in [-0.1, -0.05) is 18.2 Å². The summed E-state index contributed by atoms with van der Waals surface area (Å²) >= 11 is 0. The van der Waals surface area contributed by atoms with E-state index in [4.69, 9.17) is 0 Å². The first-order valence-corrected chi connectivity index (χ1v) is 8.77. The molecule has 1 fully saturated rings. The number of amides is 3. The molecule has 2 atom stereocenters. The largest absolute Gasteiger partial charge is 0.471 e. The van der Waals surface area contributed by atoms with E-state index >= 15 is 0 Å². The first-order chi connectivity index (χ1) is 12.7. The fourth-order valence-electron chi connectivity index (χ4n) is 3.62. The summed E-state index contributed by atoms with van der Waals surface area (Å²) in [6, 6.07) is 5.31. The molecule has 3 rings (SSSR count). The fraction of sp³-hybridized carbons (Fsp3) is 0.500. The molecule has 146 valence electrons. The maximum Gasteiger partial charge on any atom is 0.471 e. The van der Waals surface area contributed by atoms with Gasteiger partial charge >= 0.3 is 12.1 Å². The van der Waals surface area contributed by atoms with Crippen LogP contribution in [0.2, 0.25) is 0 Å². The van der Waals surface area contributed by atoms with Gasteiger partial charge in [0.1, 0.15) is 12.1 Å². The second kappa shape index (κ2) is 7.21. The zero-order valence-corrected chi connectivity index (χ0v) is 14.8. The molecule has 0 bridgehead atoms. The van der Waals surface area contributed by atoms with E-state index in [0.717, 1.165) is 11.3 Å². The summed E-state index contributed by atoms with van der Waals surface area (Å²) in [5.41, 5.74) is 1.81. The van der Waals surface area contributed by atoms with Gasteiger partial charge in [0.25, 0.3) is 0 Å². The Morgan fingerprint density at radius 3 is 2.59 bits per heavy atom. The summed E-state index contributed by atoms with van der Waals surface area (Å²) in [6.07, 6.45) is -3.87. The maximum absolute atomic E-state index is 12.7. The number of halogens is 3. The SMILES string of the molecule is C[C@H](NC(=O)C1CCCN1C(=O)C(F)(F)F)C(=O)N1CCc2ccccc21. The van der Waals surface area contributed by atoms with Gasteiger partial charge < -0.3 is 15.1 Å². The van der Waals surface area contributed by atoms with Crippen molar-refractivity contribution in [2.75, 3.05) is 18.0 Å². The van der Waals surface area contributed by atoms with Crippen molar-refractivity contribution in [2.24, 2.45) is 0 Å². The van der Waals surface area contributed by atoms with E-state index in [0.29, 0.717) is 24.3 Å². The number of carbonyl (C=O) groups is 3. The predicted octanol–water partition coefficient (Wildman–Crippen LogP) is 1.63. The van der Waals surface area contributed by atoms with Crippen LogP contribution in [-0.4, -0.2) is 54.0 Å². The van der Waals surface area contributed by atoms with Crippen LogP contribution >= 0.6 is 0 Å². The molecule has 2 aliphatic heterocycles. The number of para-hydroxylation sites is 1. The molecule has 1 saturated heterocycles. The standard InChI is InChI=1S/C18H20F3N3O3/c1-11(16(26)23-10-8-12-5-2-3-6-13(12)23)22-15(25)14-7-4-9-24(14)17(27)18(19,20)21/h2-3,5-6,11,14H,4,7-10H2,1H3,(H,22,25)/t11-,14?/m0/s1. The third kappa shape index (κ3) is 3.77. The molecule has 0 aliphatic carbocycles. The van der Waals surface area contributed by atoms with Crippen LogP contribution in [0.5, 0.6) is 0 Å². The van der Waals surface area contributed by atoms with E-state index in [1.165, 1.54) is 6.92 Å². The molecular formula is C18H20F3N3O3. The van der Waals surface area contributed by atoms with E-state index in [1.54, 1.807) is 4.90 Å². The van der Waals surface area contributed by atoms with Crippen molar-refractivity contribution in [1.82, 2.24) is 10.2 Å². The zero-order chi connectivity index (χ0) is 19.8. The molecule has 0 saturated carbocycles. The monoisotopic (exact) mass is 383 g/mol. The molecule has 1 N–H and O–H groups in total. The Kier molecular flexibility index (Phi) is 5.12. The number of alkyl halides is 3. The average molecular weight is 383 g/mol. The zero-order valence-electron chi connectivity index (χ0n) is 14.8. The first kappa shape index (κ1) is 19.2. The normalized spacial score (nSPS) is 20.4. The minimum atomic E-state index is -5.02. The third-order valence-corrected chi connectivity index (χ3v) is 4.94. The molecule has 27 heavy (non-hydrogen) atoms. The van der Waals surface area contributed by atoms with Gasteiger partial charge in [-0.3, -0.25) is 14.4 Å². The lowest BCUT2D eigenvalue weighted by Crippen LogP contribution is -2.54. The number of nitrogens with zero attached hydrogens (tertiary/aromatic N) is 2. The predicted molar refractivity (Wildman–Crippen MR) is 90.9 cm³/mol. The van der Waals surface area contributed by atoms with Crippen LogP contribution < -0.4 is 10.2 Å². The fourth-order valence-corrected chi connectivity index (χ4v) is 3.62. The van der Waals surface area contributed by atoms with Gasteiger partial charge in [0.05, 0.1) is 0 Å². The first-order valence-electron chi connectivity index (χ1n) is 8.77. The summed E-state index contributed by atoms with van der Waals surface area (Å²) in [7, 11) is 0. The molecule has 2 aliphatic rings. The highest BCUT2D eigenvalue weighted by Crippen LogP contribution is 2.28. The summed E-state index contributed by atoms with van der Waals surface area (Å²) in [5, 5.41) is 2.47. The molecule has 1 aromatic carbocycles. The smallest absolute Gasteiger partial charge is 0.343 e. The number of anilines is 1. The van der Waals surface area contributed by atoms with Gasteiger partial charge in [-0.25, -0.2) is 0 Å². The average Bonchev–Trinajstić information content (AvgIpc) is 3.26. The molecule has 0 aromatic heterocycles. The Bertz CT molecular complexity index is 766. The van der Waals surface area contributed by atoms with Crippen molar-refractivity contribution in [3.8, 4) is 0 Å². The van der Waals surface area contributed by atoms with E-state index in [9.17, 15) is 27.6 Å². The highest BCUT2D eigenvalue weighted by molar-refractivity contribution is 6.01. The number of nitrogens with one attached hydrogen (secondary N) is 1. The Morgan fingerprint density at radius 2 is 1.89 bits per heavy atom. The van der Waals surface area contributed by atoms with E-state index in [1.807, 2.05) is 24.3 Å². The van der Waals surface area contributed by atoms with Crippen LogP contribution in [0.3, 0.4) is 0 Å². The summed E-state index contributed by atoms with van der Waals surface area (Å²) in [6.45, 7) is 1.85. The highest BCUT2D eigenvalue weighted by Gasteiger charge is 2.48. The Labute approximate surface area is 154 Å². The van der Waals surface area contributed by atoms with Gasteiger partial charge in [-0.2, -0.15) is 13.2 Å². The van der Waals surface area contributed by atoms with Crippen molar-refractivity contribution >= 4 is 23.4 Å². The van der Waals surface area contributed by atoms with Crippen molar-refractivity contribution in [3.05, 3.63) is 29.8 Å². The Balaban J connectivity index is 1.65. The molecule has 0 spiro atoms. The number of fused-ring (bicyclic) bond motifs is 1. The van der Waals surface area contributed by atoms with Gasteiger partial charge in [0, 0.05) is 18.8 Å². The molecule has 6 nitrogen and oxygen atoms in total. The number of carbonyl (C=O) groups excluding carboxylic acids is 3. The number of rotatable bonds is 3. The number of benzene rings is 1. The number of hydrogen-bond acceptors (Lipinski definition) is 3. The van der Waals surface area contributed by atoms with Crippen molar-refractivity contribution in [3.63, 3.8) is 0 Å². The van der Waals surface area contributed by atoms with Crippen LogP contribution in [0.1, 0.15) is 25.3 Å². The second-order valence-electron chi connectivity index (χ2n) is 6.75. The summed E-state index contributed by atoms with van der Waals surface area (Å²) in [4.78, 5) is 38.7. The van der Waals surface area contributed by atoms with Crippen molar-refractivity contribution in [2.45, 2.75) is 44.4 Å². The Hall–Kier alpha value is -2.58. The molecule has 1 aromatic rings. The number of hydrogen-bond donors (Lipinski definition) is 1. The Morgan fingerprint density at radius 1 is 1.19 bits per heavy atom.